The number of nitrogens with zero attached hydrogens (tertiary/aromatic N) is 4. The smallest absolute Gasteiger partial charge is 0.225 e. The summed E-state index contributed by atoms with van der Waals surface area (Å²) in [6.45, 7) is 5.92. The second-order valence-corrected chi connectivity index (χ2v) is 8.48. The van der Waals surface area contributed by atoms with Gasteiger partial charge in [-0.05, 0) is 67.3 Å². The number of hydrogen-bond acceptors (Lipinski definition) is 6. The molecule has 154 valence electrons. The molecule has 0 radical (unpaired) electrons. The van der Waals surface area contributed by atoms with Gasteiger partial charge in [0.2, 0.25) is 5.28 Å². The molecule has 0 saturated carbocycles. The highest BCUT2D eigenvalue weighted by molar-refractivity contribution is 7.19. The number of thiophene rings is 1. The molecule has 0 atom stereocenters. The maximum atomic E-state index is 6.32. The van der Waals surface area contributed by atoms with Crippen molar-refractivity contribution in [2.45, 2.75) is 20.3 Å². The Morgan fingerprint density at radius 3 is 2.47 bits per heavy atom. The molecule has 4 aromatic rings. The van der Waals surface area contributed by atoms with Crippen molar-refractivity contribution in [1.82, 2.24) is 15.0 Å². The fourth-order valence-corrected chi connectivity index (χ4v) is 4.88. The van der Waals surface area contributed by atoms with Gasteiger partial charge in [-0.2, -0.15) is 4.98 Å². The SMILES string of the molecule is CCN(CCc1ccncc1)c1nc(Cl)nc2sc(C)c(-c3ccc(OC)cc3)c12. The lowest BCUT2D eigenvalue weighted by molar-refractivity contribution is 0.415. The molecule has 7 heteroatoms. The summed E-state index contributed by atoms with van der Waals surface area (Å²) in [6.07, 6.45) is 4.56. The third-order valence-corrected chi connectivity index (χ3v) is 6.33. The number of pyridine rings is 1. The number of anilines is 1. The van der Waals surface area contributed by atoms with Crippen LogP contribution in [0.15, 0.2) is 48.8 Å². The predicted octanol–water partition coefficient (Wildman–Crippen LogP) is 5.79. The zero-order valence-electron chi connectivity index (χ0n) is 17.2. The standard InChI is InChI=1S/C23H23ClN4OS/c1-4-28(14-11-16-9-12-25-13-10-16)21-20-19(17-5-7-18(29-3)8-6-17)15(2)30-22(20)27-23(24)26-21/h5-10,12-13H,4,11,14H2,1-3H3. The van der Waals surface area contributed by atoms with Crippen molar-refractivity contribution in [2.24, 2.45) is 0 Å². The van der Waals surface area contributed by atoms with Crippen LogP contribution < -0.4 is 9.64 Å². The zero-order valence-corrected chi connectivity index (χ0v) is 18.8. The number of aromatic nitrogens is 3. The van der Waals surface area contributed by atoms with E-state index in [2.05, 4.69) is 45.8 Å². The third-order valence-electron chi connectivity index (χ3n) is 5.16. The quantitative estimate of drug-likeness (QED) is 0.341. The third kappa shape index (κ3) is 4.11. The van der Waals surface area contributed by atoms with Gasteiger partial charge in [0.25, 0.3) is 0 Å². The molecular formula is C23H23ClN4OS. The van der Waals surface area contributed by atoms with Gasteiger partial charge in [-0.3, -0.25) is 4.98 Å². The number of benzene rings is 1. The lowest BCUT2D eigenvalue weighted by Crippen LogP contribution is -2.26. The van der Waals surface area contributed by atoms with E-state index in [0.717, 1.165) is 52.4 Å². The average molecular weight is 439 g/mol. The fourth-order valence-electron chi connectivity index (χ4n) is 3.63. The monoisotopic (exact) mass is 438 g/mol. The number of halogens is 1. The first kappa shape index (κ1) is 20.6. The zero-order chi connectivity index (χ0) is 21.1. The van der Waals surface area contributed by atoms with Gasteiger partial charge in [0.1, 0.15) is 16.4 Å². The lowest BCUT2D eigenvalue weighted by Gasteiger charge is -2.23. The van der Waals surface area contributed by atoms with Crippen LogP contribution in [0.5, 0.6) is 5.75 Å². The number of ether oxygens (including phenoxy) is 1. The van der Waals surface area contributed by atoms with Gasteiger partial charge < -0.3 is 9.64 Å². The van der Waals surface area contributed by atoms with E-state index >= 15 is 0 Å². The van der Waals surface area contributed by atoms with Crippen molar-refractivity contribution >= 4 is 39.0 Å². The highest BCUT2D eigenvalue weighted by atomic mass is 35.5. The molecule has 0 amide bonds. The largest absolute Gasteiger partial charge is 0.497 e. The van der Waals surface area contributed by atoms with E-state index < -0.39 is 0 Å². The van der Waals surface area contributed by atoms with E-state index in [1.54, 1.807) is 18.4 Å². The summed E-state index contributed by atoms with van der Waals surface area (Å²) in [5.74, 6) is 1.72. The minimum absolute atomic E-state index is 0.280. The Balaban J connectivity index is 1.79. The summed E-state index contributed by atoms with van der Waals surface area (Å²) in [6, 6.07) is 12.2. The van der Waals surface area contributed by atoms with E-state index in [1.807, 2.05) is 36.7 Å². The first-order valence-electron chi connectivity index (χ1n) is 9.85. The summed E-state index contributed by atoms with van der Waals surface area (Å²) >= 11 is 7.97. The van der Waals surface area contributed by atoms with Crippen molar-refractivity contribution in [3.05, 3.63) is 64.5 Å². The van der Waals surface area contributed by atoms with E-state index in [4.69, 9.17) is 16.3 Å². The van der Waals surface area contributed by atoms with Gasteiger partial charge in [0, 0.05) is 35.9 Å². The molecule has 0 bridgehead atoms. The van der Waals surface area contributed by atoms with Gasteiger partial charge >= 0.3 is 0 Å². The minimum Gasteiger partial charge on any atom is -0.497 e. The number of methoxy groups -OCH3 is 1. The fraction of sp³-hybridized carbons (Fsp3) is 0.261. The molecule has 0 N–H and O–H groups in total. The van der Waals surface area contributed by atoms with Crippen molar-refractivity contribution in [3.63, 3.8) is 0 Å². The van der Waals surface area contributed by atoms with Crippen LogP contribution in [0.2, 0.25) is 5.28 Å². The number of hydrogen-bond donors (Lipinski definition) is 0. The summed E-state index contributed by atoms with van der Waals surface area (Å²) in [5.41, 5.74) is 3.53. The Hall–Kier alpha value is -2.70. The summed E-state index contributed by atoms with van der Waals surface area (Å²) in [7, 11) is 1.68. The van der Waals surface area contributed by atoms with Crippen molar-refractivity contribution in [1.29, 1.82) is 0 Å². The maximum absolute atomic E-state index is 6.32. The highest BCUT2D eigenvalue weighted by Crippen LogP contribution is 2.42. The van der Waals surface area contributed by atoms with E-state index in [9.17, 15) is 0 Å². The lowest BCUT2D eigenvalue weighted by atomic mass is 10.0. The van der Waals surface area contributed by atoms with Gasteiger partial charge in [-0.1, -0.05) is 12.1 Å². The van der Waals surface area contributed by atoms with Crippen LogP contribution >= 0.6 is 22.9 Å². The molecule has 0 aliphatic rings. The Labute approximate surface area is 185 Å². The first-order chi connectivity index (χ1) is 14.6. The predicted molar refractivity (Wildman–Crippen MR) is 125 cm³/mol. The number of rotatable bonds is 7. The summed E-state index contributed by atoms with van der Waals surface area (Å²) in [4.78, 5) is 17.7. The summed E-state index contributed by atoms with van der Waals surface area (Å²) < 4.78 is 5.32. The Bertz CT molecular complexity index is 1150. The Kier molecular flexibility index (Phi) is 6.16. The molecule has 0 saturated heterocycles. The van der Waals surface area contributed by atoms with Crippen LogP contribution in [0.1, 0.15) is 17.4 Å². The van der Waals surface area contributed by atoms with Crippen molar-refractivity contribution < 1.29 is 4.74 Å². The second kappa shape index (κ2) is 8.98. The van der Waals surface area contributed by atoms with Crippen molar-refractivity contribution in [3.8, 4) is 16.9 Å². The molecule has 0 fully saturated rings. The van der Waals surface area contributed by atoms with Crippen LogP contribution in [0.4, 0.5) is 5.82 Å². The molecule has 1 aromatic carbocycles. The van der Waals surface area contributed by atoms with Crippen LogP contribution in [-0.4, -0.2) is 35.2 Å². The minimum atomic E-state index is 0.280. The molecule has 0 spiro atoms. The number of fused-ring (bicyclic) bond motifs is 1. The molecule has 3 aromatic heterocycles. The van der Waals surface area contributed by atoms with Crippen LogP contribution in [0, 0.1) is 6.92 Å². The molecular weight excluding hydrogens is 416 g/mol. The topological polar surface area (TPSA) is 51.1 Å². The van der Waals surface area contributed by atoms with Gasteiger partial charge in [-0.15, -0.1) is 11.3 Å². The van der Waals surface area contributed by atoms with Gasteiger partial charge in [-0.25, -0.2) is 4.98 Å². The summed E-state index contributed by atoms with van der Waals surface area (Å²) in [5, 5.41) is 1.34. The molecule has 0 aliphatic carbocycles. The van der Waals surface area contributed by atoms with Crippen LogP contribution in [0.3, 0.4) is 0 Å². The van der Waals surface area contributed by atoms with Gasteiger partial charge in [0.05, 0.1) is 12.5 Å². The van der Waals surface area contributed by atoms with Crippen LogP contribution in [-0.2, 0) is 6.42 Å². The average Bonchev–Trinajstić information content (AvgIpc) is 3.10. The Morgan fingerprint density at radius 1 is 1.07 bits per heavy atom. The van der Waals surface area contributed by atoms with Crippen LogP contribution in [0.25, 0.3) is 21.3 Å². The molecule has 0 unspecified atom stereocenters. The Morgan fingerprint density at radius 2 is 1.80 bits per heavy atom. The van der Waals surface area contributed by atoms with E-state index in [0.29, 0.717) is 0 Å². The molecule has 4 rings (SSSR count). The molecule has 5 nitrogen and oxygen atoms in total. The second-order valence-electron chi connectivity index (χ2n) is 6.94. The number of likely N-dealkylation sites (N-methyl/N-ethyl adjacent to an activating group) is 1. The van der Waals surface area contributed by atoms with E-state index in [-0.39, 0.29) is 5.28 Å². The number of aryl methyl sites for hydroxylation is 1. The first-order valence-corrected chi connectivity index (χ1v) is 11.0. The van der Waals surface area contributed by atoms with Gasteiger partial charge in [0.15, 0.2) is 0 Å². The molecule has 0 aliphatic heterocycles. The molecule has 30 heavy (non-hydrogen) atoms. The highest BCUT2D eigenvalue weighted by Gasteiger charge is 2.21. The normalized spacial score (nSPS) is 11.1. The molecule has 3 heterocycles. The van der Waals surface area contributed by atoms with E-state index in [1.165, 1.54) is 10.4 Å². The maximum Gasteiger partial charge on any atom is 0.225 e. The van der Waals surface area contributed by atoms with Crippen molar-refractivity contribution in [2.75, 3.05) is 25.1 Å².